The molecule has 1 amide bonds. The number of rotatable bonds is 10. The highest BCUT2D eigenvalue weighted by Crippen LogP contribution is 2.23. The van der Waals surface area contributed by atoms with E-state index in [1.54, 1.807) is 28.3 Å². The molecule has 9 heteroatoms. The zero-order valence-electron chi connectivity index (χ0n) is 18.5. The van der Waals surface area contributed by atoms with Gasteiger partial charge in [0.05, 0.1) is 33.0 Å². The van der Waals surface area contributed by atoms with Crippen molar-refractivity contribution in [1.29, 1.82) is 0 Å². The smallest absolute Gasteiger partial charge is 0.243 e. The zero-order valence-corrected chi connectivity index (χ0v) is 18.5. The summed E-state index contributed by atoms with van der Waals surface area (Å²) in [7, 11) is 6.77. The number of ether oxygens (including phenoxy) is 3. The summed E-state index contributed by atoms with van der Waals surface area (Å²) in [6, 6.07) is 8.27. The van der Waals surface area contributed by atoms with Crippen molar-refractivity contribution in [3.8, 4) is 5.75 Å². The third-order valence-corrected chi connectivity index (χ3v) is 4.92. The van der Waals surface area contributed by atoms with Gasteiger partial charge in [0.2, 0.25) is 5.91 Å². The SMILES string of the molecule is COCCNC(=NCC(=O)N(C)C)NCC(c1ccc(OC)cc1)N1CCOCC1. The van der Waals surface area contributed by atoms with Crippen LogP contribution in [0, 0.1) is 0 Å². The van der Waals surface area contributed by atoms with Gasteiger partial charge in [-0.2, -0.15) is 0 Å². The molecule has 0 radical (unpaired) electrons. The van der Waals surface area contributed by atoms with Gasteiger partial charge in [0.25, 0.3) is 0 Å². The number of likely N-dealkylation sites (N-methyl/N-ethyl adjacent to an activating group) is 1. The average Bonchev–Trinajstić information content (AvgIpc) is 2.78. The number of hydrogen-bond acceptors (Lipinski definition) is 6. The van der Waals surface area contributed by atoms with E-state index in [-0.39, 0.29) is 18.5 Å². The molecule has 0 bridgehead atoms. The fourth-order valence-electron chi connectivity index (χ4n) is 3.10. The van der Waals surface area contributed by atoms with Crippen molar-refractivity contribution in [2.24, 2.45) is 4.99 Å². The molecule has 1 saturated heterocycles. The van der Waals surface area contributed by atoms with Crippen LogP contribution in [0.25, 0.3) is 0 Å². The van der Waals surface area contributed by atoms with Crippen LogP contribution >= 0.6 is 0 Å². The summed E-state index contributed by atoms with van der Waals surface area (Å²) in [6.45, 7) is 5.04. The van der Waals surface area contributed by atoms with Gasteiger partial charge in [0.15, 0.2) is 5.96 Å². The predicted octanol–water partition coefficient (Wildman–Crippen LogP) is 0.338. The number of aliphatic imine (C=N–C) groups is 1. The molecule has 9 nitrogen and oxygen atoms in total. The Balaban J connectivity index is 2.11. The molecule has 0 aromatic heterocycles. The van der Waals surface area contributed by atoms with E-state index in [1.165, 1.54) is 10.5 Å². The minimum absolute atomic E-state index is 0.0530. The van der Waals surface area contributed by atoms with Gasteiger partial charge in [-0.15, -0.1) is 0 Å². The van der Waals surface area contributed by atoms with Gasteiger partial charge in [-0.25, -0.2) is 4.99 Å². The van der Waals surface area contributed by atoms with Gasteiger partial charge in [0.1, 0.15) is 12.3 Å². The minimum atomic E-state index is -0.0530. The summed E-state index contributed by atoms with van der Waals surface area (Å²) >= 11 is 0. The van der Waals surface area contributed by atoms with Gasteiger partial charge in [-0.05, 0) is 17.7 Å². The van der Waals surface area contributed by atoms with Crippen molar-refractivity contribution in [2.75, 3.05) is 80.9 Å². The molecule has 2 rings (SSSR count). The Hall–Kier alpha value is -2.36. The number of methoxy groups -OCH3 is 2. The summed E-state index contributed by atoms with van der Waals surface area (Å²) in [5.41, 5.74) is 1.19. The maximum atomic E-state index is 11.9. The Labute approximate surface area is 179 Å². The van der Waals surface area contributed by atoms with Crippen LogP contribution in [0.3, 0.4) is 0 Å². The van der Waals surface area contributed by atoms with Crippen molar-refractivity contribution in [3.05, 3.63) is 29.8 Å². The van der Waals surface area contributed by atoms with E-state index in [0.29, 0.717) is 25.7 Å². The van der Waals surface area contributed by atoms with Crippen LogP contribution in [-0.4, -0.2) is 103 Å². The van der Waals surface area contributed by atoms with Crippen LogP contribution < -0.4 is 15.4 Å². The fourth-order valence-corrected chi connectivity index (χ4v) is 3.10. The third kappa shape index (κ3) is 7.81. The Bertz CT molecular complexity index is 660. The molecule has 1 heterocycles. The number of carbonyl (C=O) groups is 1. The highest BCUT2D eigenvalue weighted by molar-refractivity contribution is 5.84. The second-order valence-corrected chi connectivity index (χ2v) is 7.19. The molecule has 0 spiro atoms. The molecular weight excluding hydrogens is 386 g/mol. The quantitative estimate of drug-likeness (QED) is 0.320. The molecule has 1 aliphatic heterocycles. The summed E-state index contributed by atoms with van der Waals surface area (Å²) in [5.74, 6) is 1.37. The average molecular weight is 422 g/mol. The zero-order chi connectivity index (χ0) is 21.8. The first-order chi connectivity index (χ1) is 14.5. The number of carbonyl (C=O) groups excluding carboxylic acids is 1. The van der Waals surface area contributed by atoms with E-state index >= 15 is 0 Å². The molecule has 1 aliphatic rings. The van der Waals surface area contributed by atoms with E-state index in [2.05, 4.69) is 32.7 Å². The minimum Gasteiger partial charge on any atom is -0.497 e. The normalized spacial score (nSPS) is 16.1. The number of morpholine rings is 1. The molecule has 0 saturated carbocycles. The first-order valence-corrected chi connectivity index (χ1v) is 10.2. The maximum Gasteiger partial charge on any atom is 0.243 e. The van der Waals surface area contributed by atoms with Crippen LogP contribution in [0.4, 0.5) is 0 Å². The highest BCUT2D eigenvalue weighted by Gasteiger charge is 2.23. The Morgan fingerprint density at radius 2 is 1.90 bits per heavy atom. The molecule has 168 valence electrons. The summed E-state index contributed by atoms with van der Waals surface area (Å²) < 4.78 is 15.9. The number of nitrogens with one attached hydrogen (secondary N) is 2. The highest BCUT2D eigenvalue weighted by atomic mass is 16.5. The van der Waals surface area contributed by atoms with Gasteiger partial charge < -0.3 is 29.7 Å². The fraction of sp³-hybridized carbons (Fsp3) is 0.619. The van der Waals surface area contributed by atoms with Crippen LogP contribution in [0.2, 0.25) is 0 Å². The summed E-state index contributed by atoms with van der Waals surface area (Å²) in [5, 5.41) is 6.62. The molecule has 1 aromatic carbocycles. The first-order valence-electron chi connectivity index (χ1n) is 10.2. The molecule has 1 aromatic rings. The monoisotopic (exact) mass is 421 g/mol. The maximum absolute atomic E-state index is 11.9. The van der Waals surface area contributed by atoms with Gasteiger partial charge in [-0.3, -0.25) is 9.69 Å². The Morgan fingerprint density at radius 3 is 2.50 bits per heavy atom. The Morgan fingerprint density at radius 1 is 1.20 bits per heavy atom. The lowest BCUT2D eigenvalue weighted by atomic mass is 10.0. The number of benzene rings is 1. The molecule has 1 atom stereocenters. The van der Waals surface area contributed by atoms with Crippen LogP contribution in [-0.2, 0) is 14.3 Å². The van der Waals surface area contributed by atoms with Gasteiger partial charge >= 0.3 is 0 Å². The number of hydrogen-bond donors (Lipinski definition) is 2. The topological polar surface area (TPSA) is 87.7 Å². The standard InChI is InChI=1S/C21H35N5O4/c1-25(2)20(27)16-24-21(22-9-12-28-3)23-15-19(26-10-13-30-14-11-26)17-5-7-18(29-4)8-6-17/h5-8,19H,9-16H2,1-4H3,(H2,22,23,24). The van der Waals surface area contributed by atoms with E-state index in [1.807, 2.05) is 12.1 Å². The van der Waals surface area contributed by atoms with Crippen LogP contribution in [0.5, 0.6) is 5.75 Å². The number of amides is 1. The van der Waals surface area contributed by atoms with Crippen molar-refractivity contribution in [2.45, 2.75) is 6.04 Å². The van der Waals surface area contributed by atoms with E-state index in [0.717, 1.165) is 32.1 Å². The Kier molecular flexibility index (Phi) is 10.4. The second-order valence-electron chi connectivity index (χ2n) is 7.19. The molecule has 1 fully saturated rings. The molecule has 30 heavy (non-hydrogen) atoms. The van der Waals surface area contributed by atoms with Crippen molar-refractivity contribution in [1.82, 2.24) is 20.4 Å². The lowest BCUT2D eigenvalue weighted by Crippen LogP contribution is -2.47. The van der Waals surface area contributed by atoms with E-state index in [4.69, 9.17) is 14.2 Å². The van der Waals surface area contributed by atoms with Crippen molar-refractivity contribution >= 4 is 11.9 Å². The third-order valence-electron chi connectivity index (χ3n) is 4.92. The number of nitrogens with zero attached hydrogens (tertiary/aromatic N) is 3. The predicted molar refractivity (Wildman–Crippen MR) is 117 cm³/mol. The largest absolute Gasteiger partial charge is 0.497 e. The number of guanidine groups is 1. The lowest BCUT2D eigenvalue weighted by molar-refractivity contribution is -0.127. The van der Waals surface area contributed by atoms with E-state index in [9.17, 15) is 4.79 Å². The second kappa shape index (κ2) is 13.0. The van der Waals surface area contributed by atoms with Crippen molar-refractivity contribution in [3.63, 3.8) is 0 Å². The molecule has 2 N–H and O–H groups in total. The lowest BCUT2D eigenvalue weighted by Gasteiger charge is -2.35. The molecular formula is C21H35N5O4. The van der Waals surface area contributed by atoms with Crippen LogP contribution in [0.1, 0.15) is 11.6 Å². The van der Waals surface area contributed by atoms with Crippen LogP contribution in [0.15, 0.2) is 29.3 Å². The van der Waals surface area contributed by atoms with Gasteiger partial charge in [-0.1, -0.05) is 12.1 Å². The van der Waals surface area contributed by atoms with Gasteiger partial charge in [0, 0.05) is 47.4 Å². The summed E-state index contributed by atoms with van der Waals surface area (Å²) in [6.07, 6.45) is 0. The summed E-state index contributed by atoms with van der Waals surface area (Å²) in [4.78, 5) is 20.3. The first kappa shape index (κ1) is 23.9. The molecule has 0 aliphatic carbocycles. The van der Waals surface area contributed by atoms with Crippen molar-refractivity contribution < 1.29 is 19.0 Å². The molecule has 1 unspecified atom stereocenters. The van der Waals surface area contributed by atoms with E-state index < -0.39 is 0 Å².